The first-order valence-corrected chi connectivity index (χ1v) is 9.68. The van der Waals surface area contributed by atoms with Crippen molar-refractivity contribution in [1.29, 1.82) is 5.26 Å². The molecule has 134 valence electrons. The van der Waals surface area contributed by atoms with Crippen LogP contribution in [0.2, 0.25) is 0 Å². The summed E-state index contributed by atoms with van der Waals surface area (Å²) in [6.45, 7) is 1.54. The van der Waals surface area contributed by atoms with Crippen LogP contribution in [0, 0.1) is 11.3 Å². The lowest BCUT2D eigenvalue weighted by Crippen LogP contribution is -2.53. The molecule has 3 rings (SSSR count). The first-order valence-electron chi connectivity index (χ1n) is 8.89. The summed E-state index contributed by atoms with van der Waals surface area (Å²) >= 11 is 3.53. The van der Waals surface area contributed by atoms with Crippen molar-refractivity contribution >= 4 is 21.8 Å². The predicted octanol–water partition coefficient (Wildman–Crippen LogP) is 3.00. The third kappa shape index (κ3) is 4.22. The molecular weight excluding hydrogens is 382 g/mol. The number of hydrogen-bond acceptors (Lipinski definition) is 4. The minimum atomic E-state index is -0.669. The van der Waals surface area contributed by atoms with Crippen LogP contribution in [-0.2, 0) is 15.1 Å². The highest BCUT2D eigenvalue weighted by atomic mass is 79.9. The molecular formula is C19H24BrN3O2. The van der Waals surface area contributed by atoms with Gasteiger partial charge in [-0.05, 0) is 56.2 Å². The van der Waals surface area contributed by atoms with Crippen molar-refractivity contribution < 1.29 is 9.53 Å². The maximum absolute atomic E-state index is 12.5. The summed E-state index contributed by atoms with van der Waals surface area (Å²) in [7, 11) is 0. The second-order valence-electron chi connectivity index (χ2n) is 7.01. The van der Waals surface area contributed by atoms with Gasteiger partial charge in [-0.2, -0.15) is 5.26 Å². The Bertz CT molecular complexity index is 659. The standard InChI is InChI=1S/C19H24BrN3O2/c20-16-5-3-4-15(12-16)19(8-10-25-11-9-19)22-13-17(24)23-18(14-21)6-1-2-7-18/h3-5,12,22H,1-2,6-11,13H2,(H,23,24). The molecule has 1 saturated heterocycles. The molecule has 0 spiro atoms. The van der Waals surface area contributed by atoms with Crippen molar-refractivity contribution in [2.45, 2.75) is 49.6 Å². The molecule has 6 heteroatoms. The zero-order valence-electron chi connectivity index (χ0n) is 14.3. The lowest BCUT2D eigenvalue weighted by Gasteiger charge is -2.39. The molecule has 1 aromatic carbocycles. The van der Waals surface area contributed by atoms with Crippen LogP contribution < -0.4 is 10.6 Å². The summed E-state index contributed by atoms with van der Waals surface area (Å²) in [5.41, 5.74) is 0.223. The molecule has 2 N–H and O–H groups in total. The maximum Gasteiger partial charge on any atom is 0.235 e. The number of carbonyl (C=O) groups is 1. The van der Waals surface area contributed by atoms with Crippen molar-refractivity contribution in [3.63, 3.8) is 0 Å². The molecule has 1 aliphatic carbocycles. The van der Waals surface area contributed by atoms with Gasteiger partial charge in [-0.1, -0.05) is 28.1 Å². The summed E-state index contributed by atoms with van der Waals surface area (Å²) < 4.78 is 6.55. The molecule has 0 radical (unpaired) electrons. The van der Waals surface area contributed by atoms with Gasteiger partial charge in [-0.15, -0.1) is 0 Å². The number of hydrogen-bond donors (Lipinski definition) is 2. The van der Waals surface area contributed by atoms with Gasteiger partial charge in [0.1, 0.15) is 5.54 Å². The maximum atomic E-state index is 12.5. The topological polar surface area (TPSA) is 74.2 Å². The van der Waals surface area contributed by atoms with E-state index in [4.69, 9.17) is 4.74 Å². The fourth-order valence-electron chi connectivity index (χ4n) is 3.88. The zero-order valence-corrected chi connectivity index (χ0v) is 15.9. The Hall–Kier alpha value is -1.42. The summed E-state index contributed by atoms with van der Waals surface area (Å²) in [5.74, 6) is -0.107. The van der Waals surface area contributed by atoms with Crippen LogP contribution in [0.4, 0.5) is 0 Å². The van der Waals surface area contributed by atoms with Crippen LogP contribution in [0.25, 0.3) is 0 Å². The summed E-state index contributed by atoms with van der Waals surface area (Å²) in [6.07, 6.45) is 5.14. The summed E-state index contributed by atoms with van der Waals surface area (Å²) in [4.78, 5) is 12.5. The smallest absolute Gasteiger partial charge is 0.235 e. The van der Waals surface area contributed by atoms with E-state index in [0.717, 1.165) is 48.6 Å². The molecule has 1 heterocycles. The molecule has 0 atom stereocenters. The quantitative estimate of drug-likeness (QED) is 0.789. The van der Waals surface area contributed by atoms with E-state index in [2.05, 4.69) is 44.8 Å². The molecule has 2 aliphatic rings. The molecule has 25 heavy (non-hydrogen) atoms. The van der Waals surface area contributed by atoms with Gasteiger partial charge in [0.05, 0.1) is 12.6 Å². The van der Waals surface area contributed by atoms with Gasteiger partial charge >= 0.3 is 0 Å². The van der Waals surface area contributed by atoms with E-state index in [0.29, 0.717) is 13.2 Å². The van der Waals surface area contributed by atoms with Crippen LogP contribution in [0.15, 0.2) is 28.7 Å². The zero-order chi connectivity index (χ0) is 17.8. The number of nitrogens with one attached hydrogen (secondary N) is 2. The molecule has 1 aromatic rings. The molecule has 0 unspecified atom stereocenters. The highest BCUT2D eigenvalue weighted by molar-refractivity contribution is 9.10. The van der Waals surface area contributed by atoms with E-state index in [1.165, 1.54) is 0 Å². The Morgan fingerprint density at radius 1 is 1.24 bits per heavy atom. The fraction of sp³-hybridized carbons (Fsp3) is 0.579. The minimum Gasteiger partial charge on any atom is -0.381 e. The van der Waals surface area contributed by atoms with Crippen LogP contribution in [0.5, 0.6) is 0 Å². The lowest BCUT2D eigenvalue weighted by atomic mass is 9.82. The number of nitrogens with zero attached hydrogens (tertiary/aromatic N) is 1. The van der Waals surface area contributed by atoms with Crippen molar-refractivity contribution in [3.8, 4) is 6.07 Å². The Morgan fingerprint density at radius 2 is 1.96 bits per heavy atom. The van der Waals surface area contributed by atoms with E-state index in [1.54, 1.807) is 0 Å². The molecule has 1 aliphatic heterocycles. The number of benzene rings is 1. The number of halogens is 1. The normalized spacial score (nSPS) is 21.4. The van der Waals surface area contributed by atoms with Gasteiger partial charge in [-0.25, -0.2) is 0 Å². The van der Waals surface area contributed by atoms with Gasteiger partial charge in [-0.3, -0.25) is 10.1 Å². The van der Waals surface area contributed by atoms with Crippen LogP contribution in [0.3, 0.4) is 0 Å². The van der Waals surface area contributed by atoms with Gasteiger partial charge in [0.15, 0.2) is 0 Å². The molecule has 0 aromatic heterocycles. The Labute approximate surface area is 157 Å². The minimum absolute atomic E-state index is 0.107. The Kier molecular flexibility index (Phi) is 5.78. The van der Waals surface area contributed by atoms with Crippen LogP contribution >= 0.6 is 15.9 Å². The molecule has 1 amide bonds. The molecule has 2 fully saturated rings. The number of amides is 1. The van der Waals surface area contributed by atoms with Gasteiger partial charge in [0.25, 0.3) is 0 Å². The second-order valence-corrected chi connectivity index (χ2v) is 7.92. The monoisotopic (exact) mass is 405 g/mol. The molecule has 0 bridgehead atoms. The molecule has 5 nitrogen and oxygen atoms in total. The van der Waals surface area contributed by atoms with E-state index in [9.17, 15) is 10.1 Å². The van der Waals surface area contributed by atoms with Crippen molar-refractivity contribution in [2.75, 3.05) is 19.8 Å². The van der Waals surface area contributed by atoms with Gasteiger partial charge in [0, 0.05) is 23.2 Å². The largest absolute Gasteiger partial charge is 0.381 e. The van der Waals surface area contributed by atoms with E-state index in [-0.39, 0.29) is 18.0 Å². The average molecular weight is 406 g/mol. The average Bonchev–Trinajstić information content (AvgIpc) is 3.10. The van der Waals surface area contributed by atoms with Gasteiger partial charge < -0.3 is 10.1 Å². The van der Waals surface area contributed by atoms with E-state index < -0.39 is 5.54 Å². The van der Waals surface area contributed by atoms with Crippen molar-refractivity contribution in [3.05, 3.63) is 34.3 Å². The Balaban J connectivity index is 1.69. The number of rotatable bonds is 5. The lowest BCUT2D eigenvalue weighted by molar-refractivity contribution is -0.122. The fourth-order valence-corrected chi connectivity index (χ4v) is 4.28. The van der Waals surface area contributed by atoms with Crippen LogP contribution in [0.1, 0.15) is 44.1 Å². The predicted molar refractivity (Wildman–Crippen MR) is 98.8 cm³/mol. The number of nitriles is 1. The third-order valence-corrected chi connectivity index (χ3v) is 5.85. The van der Waals surface area contributed by atoms with Gasteiger partial charge in [0.2, 0.25) is 5.91 Å². The Morgan fingerprint density at radius 3 is 2.60 bits per heavy atom. The van der Waals surface area contributed by atoms with Crippen molar-refractivity contribution in [2.24, 2.45) is 0 Å². The van der Waals surface area contributed by atoms with Crippen LogP contribution in [-0.4, -0.2) is 31.2 Å². The highest BCUT2D eigenvalue weighted by Gasteiger charge is 2.37. The van der Waals surface area contributed by atoms with Crippen molar-refractivity contribution in [1.82, 2.24) is 10.6 Å². The second kappa shape index (κ2) is 7.86. The number of ether oxygens (including phenoxy) is 1. The van der Waals surface area contributed by atoms with E-state index >= 15 is 0 Å². The first kappa shape index (κ1) is 18.4. The summed E-state index contributed by atoms with van der Waals surface area (Å²) in [6, 6.07) is 10.5. The SMILES string of the molecule is N#CC1(NC(=O)CNC2(c3cccc(Br)c3)CCOCC2)CCCC1. The van der Waals surface area contributed by atoms with E-state index in [1.807, 2.05) is 12.1 Å². The number of carbonyl (C=O) groups excluding carboxylic acids is 1. The first-order chi connectivity index (χ1) is 12.1. The highest BCUT2D eigenvalue weighted by Crippen LogP contribution is 2.33. The third-order valence-electron chi connectivity index (χ3n) is 5.36. The molecule has 1 saturated carbocycles. The summed E-state index contributed by atoms with van der Waals surface area (Å²) in [5, 5.41) is 15.9.